The molecule has 4 heterocycles. The fourth-order valence-corrected chi connectivity index (χ4v) is 4.27. The van der Waals surface area contributed by atoms with Gasteiger partial charge in [0.1, 0.15) is 23.0 Å². The molecule has 0 saturated carbocycles. The number of fused-ring (bicyclic) bond motifs is 1. The molecule has 2 aliphatic heterocycles. The number of carboxylic acids is 1. The Kier molecular flexibility index (Phi) is 6.73. The molecule has 37 heavy (non-hydrogen) atoms. The van der Waals surface area contributed by atoms with Crippen LogP contribution in [0.25, 0.3) is 0 Å². The number of aromatic nitrogens is 3. The van der Waals surface area contributed by atoms with Crippen LogP contribution in [0.5, 0.6) is 11.5 Å². The van der Waals surface area contributed by atoms with Crippen LogP contribution in [0.2, 0.25) is 0 Å². The Morgan fingerprint density at radius 3 is 2.57 bits per heavy atom. The minimum Gasteiger partial charge on any atom is -0.497 e. The molecule has 2 aromatic heterocycles. The molecular weight excluding hydrogens is 480 g/mol. The van der Waals surface area contributed by atoms with Gasteiger partial charge in [-0.2, -0.15) is 4.98 Å². The average Bonchev–Trinajstić information content (AvgIpc) is 3.58. The van der Waals surface area contributed by atoms with E-state index in [9.17, 15) is 9.59 Å². The molecule has 1 fully saturated rings. The van der Waals surface area contributed by atoms with Crippen LogP contribution >= 0.6 is 0 Å². The van der Waals surface area contributed by atoms with Crippen LogP contribution in [-0.4, -0.2) is 65.3 Å². The Morgan fingerprint density at radius 1 is 1.11 bits per heavy atom. The largest absolute Gasteiger partial charge is 0.497 e. The van der Waals surface area contributed by atoms with E-state index in [0.29, 0.717) is 56.0 Å². The third-order valence-electron chi connectivity index (χ3n) is 6.23. The van der Waals surface area contributed by atoms with Crippen LogP contribution in [0.1, 0.15) is 38.5 Å². The summed E-state index contributed by atoms with van der Waals surface area (Å²) >= 11 is 0. The Morgan fingerprint density at radius 2 is 1.89 bits per heavy atom. The molecule has 3 aromatic rings. The summed E-state index contributed by atoms with van der Waals surface area (Å²) in [4.78, 5) is 39.1. The summed E-state index contributed by atoms with van der Waals surface area (Å²) in [5.74, 6) is 1.03. The van der Waals surface area contributed by atoms with Gasteiger partial charge in [0.2, 0.25) is 5.95 Å². The number of carbonyl (C=O) groups is 2. The Balaban J connectivity index is 1.31. The number of hydrogen-bond donors (Lipinski definition) is 3. The number of nitrogens with zero attached hydrogens (tertiary/aromatic N) is 4. The number of methoxy groups -OCH3 is 2. The van der Waals surface area contributed by atoms with Crippen LogP contribution < -0.4 is 25.0 Å². The predicted molar refractivity (Wildman–Crippen MR) is 133 cm³/mol. The molecule has 0 radical (unpaired) electrons. The van der Waals surface area contributed by atoms with E-state index in [2.05, 4.69) is 15.6 Å². The van der Waals surface area contributed by atoms with Gasteiger partial charge in [-0.25, -0.2) is 9.78 Å². The van der Waals surface area contributed by atoms with E-state index in [1.54, 1.807) is 20.3 Å². The highest BCUT2D eigenvalue weighted by atomic mass is 16.5. The van der Waals surface area contributed by atoms with E-state index in [0.717, 1.165) is 16.9 Å². The number of carbonyl (C=O) groups excluding carboxylic acids is 1. The van der Waals surface area contributed by atoms with Gasteiger partial charge in [0.25, 0.3) is 5.91 Å². The fraction of sp³-hybridized carbons (Fsp3) is 0.320. The zero-order chi connectivity index (χ0) is 25.9. The summed E-state index contributed by atoms with van der Waals surface area (Å²) in [6.07, 6.45) is 1.87. The van der Waals surface area contributed by atoms with Crippen LogP contribution in [0.15, 0.2) is 36.5 Å². The summed E-state index contributed by atoms with van der Waals surface area (Å²) in [7, 11) is 3.19. The molecule has 1 unspecified atom stereocenters. The van der Waals surface area contributed by atoms with E-state index in [-0.39, 0.29) is 23.2 Å². The Hall–Kier alpha value is -4.45. The van der Waals surface area contributed by atoms with Crippen LogP contribution in [0.3, 0.4) is 0 Å². The summed E-state index contributed by atoms with van der Waals surface area (Å²) in [6, 6.07) is 8.12. The second-order valence-corrected chi connectivity index (χ2v) is 8.66. The second-order valence-electron chi connectivity index (χ2n) is 8.66. The Bertz CT molecular complexity index is 1310. The van der Waals surface area contributed by atoms with Gasteiger partial charge in [-0.05, 0) is 18.6 Å². The minimum absolute atomic E-state index is 0.0260. The van der Waals surface area contributed by atoms with Gasteiger partial charge >= 0.3 is 5.97 Å². The van der Waals surface area contributed by atoms with Crippen molar-refractivity contribution in [1.29, 1.82) is 0 Å². The van der Waals surface area contributed by atoms with Crippen LogP contribution in [0, 0.1) is 0 Å². The first kappa shape index (κ1) is 24.3. The highest BCUT2D eigenvalue weighted by Crippen LogP contribution is 2.33. The van der Waals surface area contributed by atoms with E-state index in [1.165, 1.54) is 18.3 Å². The molecule has 12 heteroatoms. The van der Waals surface area contributed by atoms with Crippen molar-refractivity contribution in [3.8, 4) is 11.5 Å². The maximum atomic E-state index is 12.6. The monoisotopic (exact) mass is 506 g/mol. The van der Waals surface area contributed by atoms with Gasteiger partial charge in [-0.1, -0.05) is 0 Å². The summed E-state index contributed by atoms with van der Waals surface area (Å²) in [5, 5.41) is 15.3. The van der Waals surface area contributed by atoms with Gasteiger partial charge in [-0.15, -0.1) is 0 Å². The number of rotatable bonds is 8. The van der Waals surface area contributed by atoms with Gasteiger partial charge in [0.15, 0.2) is 0 Å². The zero-order valence-corrected chi connectivity index (χ0v) is 20.4. The van der Waals surface area contributed by atoms with Crippen molar-refractivity contribution in [2.75, 3.05) is 37.5 Å². The first-order valence-electron chi connectivity index (χ1n) is 11.7. The number of amides is 1. The molecule has 3 N–H and O–H groups in total. The second kappa shape index (κ2) is 10.3. The standard InChI is InChI=1S/C25H26N6O6/c1-35-17-7-16(8-18(9-17)36-2)27-22-19-12-37-13-21(19)29-25(30-22)31-6-5-15(11-31)28-23(32)20-4-3-14(10-26-20)24(33)34/h3-4,7-10,15H,5-6,11-13H2,1-2H3,(H,28,32)(H,33,34)(H,27,29,30). The summed E-state index contributed by atoms with van der Waals surface area (Å²) in [6.45, 7) is 1.98. The molecule has 12 nitrogen and oxygen atoms in total. The maximum Gasteiger partial charge on any atom is 0.337 e. The molecule has 2 aliphatic rings. The van der Waals surface area contributed by atoms with Gasteiger partial charge in [0, 0.05) is 54.8 Å². The third-order valence-corrected chi connectivity index (χ3v) is 6.23. The SMILES string of the molecule is COc1cc(Nc2nc(N3CCC(NC(=O)c4ccc(C(=O)O)cn4)C3)nc3c2COC3)cc(OC)c1. The smallest absolute Gasteiger partial charge is 0.337 e. The van der Waals surface area contributed by atoms with Crippen molar-refractivity contribution in [2.45, 2.75) is 25.7 Å². The van der Waals surface area contributed by atoms with Crippen molar-refractivity contribution in [3.63, 3.8) is 0 Å². The van der Waals surface area contributed by atoms with Crippen molar-refractivity contribution in [1.82, 2.24) is 20.3 Å². The first-order chi connectivity index (χ1) is 17.9. The molecule has 1 saturated heterocycles. The molecule has 1 amide bonds. The quantitative estimate of drug-likeness (QED) is 0.413. The van der Waals surface area contributed by atoms with E-state index in [1.807, 2.05) is 17.0 Å². The molecule has 0 bridgehead atoms. The molecular formula is C25H26N6O6. The van der Waals surface area contributed by atoms with Gasteiger partial charge in [-0.3, -0.25) is 9.78 Å². The van der Waals surface area contributed by atoms with E-state index >= 15 is 0 Å². The lowest BCUT2D eigenvalue weighted by Crippen LogP contribution is -2.37. The highest BCUT2D eigenvalue weighted by molar-refractivity contribution is 5.94. The number of anilines is 3. The number of nitrogens with one attached hydrogen (secondary N) is 2. The normalized spacial score (nSPS) is 16.3. The molecule has 0 spiro atoms. The number of aromatic carboxylic acids is 1. The average molecular weight is 507 g/mol. The first-order valence-corrected chi connectivity index (χ1v) is 11.7. The molecule has 1 aromatic carbocycles. The summed E-state index contributed by atoms with van der Waals surface area (Å²) < 4.78 is 16.4. The van der Waals surface area contributed by atoms with E-state index in [4.69, 9.17) is 29.3 Å². The van der Waals surface area contributed by atoms with Crippen molar-refractivity contribution in [2.24, 2.45) is 0 Å². The van der Waals surface area contributed by atoms with Crippen LogP contribution in [0.4, 0.5) is 17.5 Å². The lowest BCUT2D eigenvalue weighted by molar-refractivity contribution is 0.0695. The number of benzene rings is 1. The fourth-order valence-electron chi connectivity index (χ4n) is 4.27. The lowest BCUT2D eigenvalue weighted by Gasteiger charge is -2.19. The number of carboxylic acid groups (broad SMARTS) is 1. The lowest BCUT2D eigenvalue weighted by atomic mass is 10.2. The van der Waals surface area contributed by atoms with E-state index < -0.39 is 5.97 Å². The number of ether oxygens (including phenoxy) is 3. The summed E-state index contributed by atoms with van der Waals surface area (Å²) in [5.41, 5.74) is 2.65. The van der Waals surface area contributed by atoms with Crippen molar-refractivity contribution >= 4 is 29.3 Å². The van der Waals surface area contributed by atoms with Crippen LogP contribution in [-0.2, 0) is 18.0 Å². The molecule has 0 aliphatic carbocycles. The Labute approximate surface area is 212 Å². The van der Waals surface area contributed by atoms with Gasteiger partial charge < -0.3 is 34.9 Å². The minimum atomic E-state index is -1.09. The topological polar surface area (TPSA) is 148 Å². The number of pyridine rings is 1. The third kappa shape index (κ3) is 5.23. The van der Waals surface area contributed by atoms with Crippen molar-refractivity contribution < 1.29 is 28.9 Å². The van der Waals surface area contributed by atoms with Gasteiger partial charge in [0.05, 0.1) is 38.7 Å². The predicted octanol–water partition coefficient (Wildman–Crippen LogP) is 2.37. The zero-order valence-electron chi connectivity index (χ0n) is 20.4. The maximum absolute atomic E-state index is 12.6. The van der Waals surface area contributed by atoms with Crippen molar-refractivity contribution in [3.05, 3.63) is 59.0 Å². The number of hydrogen-bond acceptors (Lipinski definition) is 10. The molecule has 192 valence electrons. The highest BCUT2D eigenvalue weighted by Gasteiger charge is 2.29. The molecule has 5 rings (SSSR count). The molecule has 1 atom stereocenters.